The normalized spacial score (nSPS) is 11.7. The van der Waals surface area contributed by atoms with E-state index >= 15 is 0 Å². The first-order chi connectivity index (χ1) is 7.78. The fourth-order valence-corrected chi connectivity index (χ4v) is 1.29. The van der Waals surface area contributed by atoms with Crippen LogP contribution < -0.4 is 23.1 Å². The van der Waals surface area contributed by atoms with Gasteiger partial charge in [-0.05, 0) is 39.0 Å². The maximum Gasteiger partial charge on any atom is 0.338 e. The number of halogens is 1. The summed E-state index contributed by atoms with van der Waals surface area (Å²) in [6.45, 7) is 7.26. The van der Waals surface area contributed by atoms with Crippen LogP contribution in [0.15, 0.2) is 24.3 Å². The maximum atomic E-state index is 11.8. The molecule has 0 atom stereocenters. The molecule has 1 aromatic carbocycles. The van der Waals surface area contributed by atoms with E-state index in [0.29, 0.717) is 11.4 Å². The van der Waals surface area contributed by atoms with Gasteiger partial charge < -0.3 is 17.1 Å². The average Bonchev–Trinajstić information content (AvgIpc) is 2.14. The Balaban J connectivity index is 0.00000289. The van der Waals surface area contributed by atoms with E-state index in [1.54, 1.807) is 25.1 Å². The molecule has 100 valence electrons. The summed E-state index contributed by atoms with van der Waals surface area (Å²) < 4.78 is 5.28. The molecule has 5 heteroatoms. The van der Waals surface area contributed by atoms with Crippen molar-refractivity contribution in [3.63, 3.8) is 0 Å². The topological polar surface area (TPSA) is 66.3 Å². The van der Waals surface area contributed by atoms with Crippen molar-refractivity contribution >= 4 is 17.5 Å². The first-order valence-electron chi connectivity index (χ1n) is 5.47. The molecule has 0 aliphatic heterocycles. The van der Waals surface area contributed by atoms with Crippen LogP contribution in [0, 0.1) is 0 Å². The minimum atomic E-state index is -0.490. The number of ether oxygens (including phenoxy) is 1. The van der Waals surface area contributed by atoms with Crippen LogP contribution in [0.25, 0.3) is 0 Å². The molecule has 0 saturated heterocycles. The number of nitrogens with two attached hydrogens (primary N) is 1. The van der Waals surface area contributed by atoms with E-state index in [-0.39, 0.29) is 18.4 Å². The Kier molecular flexibility index (Phi) is 5.85. The molecule has 1 aromatic rings. The van der Waals surface area contributed by atoms with Crippen molar-refractivity contribution in [2.75, 3.05) is 0 Å². The highest BCUT2D eigenvalue weighted by Crippen LogP contribution is 2.13. The third kappa shape index (κ3) is 5.68. The lowest BCUT2D eigenvalue weighted by Crippen LogP contribution is -3.00. The smallest absolute Gasteiger partial charge is 0.338 e. The van der Waals surface area contributed by atoms with Gasteiger partial charge in [0.2, 0.25) is 5.84 Å². The lowest BCUT2D eigenvalue weighted by Gasteiger charge is -2.19. The van der Waals surface area contributed by atoms with Crippen LogP contribution in [0.2, 0.25) is 0 Å². The summed E-state index contributed by atoms with van der Waals surface area (Å²) in [5.74, 6) is 0.238. The number of hydrogen-bond donors (Lipinski definition) is 2. The van der Waals surface area contributed by atoms with Crippen LogP contribution in [-0.4, -0.2) is 17.4 Å². The van der Waals surface area contributed by atoms with Crippen molar-refractivity contribution < 1.29 is 26.9 Å². The van der Waals surface area contributed by atoms with Crippen LogP contribution in [0.5, 0.6) is 0 Å². The summed E-state index contributed by atoms with van der Waals surface area (Å²) in [7, 11) is 0. The molecule has 0 saturated carbocycles. The number of nitrogens with one attached hydrogen (secondary N) is 1. The average molecular weight is 271 g/mol. The zero-order valence-corrected chi connectivity index (χ0v) is 11.8. The van der Waals surface area contributed by atoms with Gasteiger partial charge in [-0.1, -0.05) is 6.07 Å². The molecule has 4 nitrogen and oxygen atoms in total. The second-order valence-electron chi connectivity index (χ2n) is 4.89. The van der Waals surface area contributed by atoms with Gasteiger partial charge >= 0.3 is 5.97 Å². The van der Waals surface area contributed by atoms with Gasteiger partial charge in [0.05, 0.1) is 5.56 Å². The Morgan fingerprint density at radius 1 is 1.33 bits per heavy atom. The standard InChI is InChI=1S/C13H18N2O2.ClH/c1-9(14)15-11-7-5-6-10(8-11)12(16)17-13(2,3)4;/h5-8H,1-4H3,(H2,14,15);1H. The number of hydrogen-bond acceptors (Lipinski definition) is 2. The van der Waals surface area contributed by atoms with Crippen molar-refractivity contribution in [3.8, 4) is 0 Å². The summed E-state index contributed by atoms with van der Waals surface area (Å²) in [4.78, 5) is 14.8. The molecular formula is C13H19ClN2O2. The number of rotatable bonds is 2. The Morgan fingerprint density at radius 3 is 2.44 bits per heavy atom. The molecule has 0 aromatic heterocycles. The minimum Gasteiger partial charge on any atom is -1.00 e. The van der Waals surface area contributed by atoms with Gasteiger partial charge in [0.15, 0.2) is 0 Å². The van der Waals surface area contributed by atoms with Gasteiger partial charge in [0.1, 0.15) is 11.3 Å². The van der Waals surface area contributed by atoms with Gasteiger partial charge in [-0.2, -0.15) is 0 Å². The van der Waals surface area contributed by atoms with Crippen molar-refractivity contribution in [2.45, 2.75) is 33.3 Å². The third-order valence-electron chi connectivity index (χ3n) is 1.84. The number of amidine groups is 1. The Hall–Kier alpha value is -1.55. The fraction of sp³-hybridized carbons (Fsp3) is 0.385. The van der Waals surface area contributed by atoms with Crippen LogP contribution >= 0.6 is 0 Å². The molecule has 1 rings (SSSR count). The van der Waals surface area contributed by atoms with Crippen LogP contribution in [0.4, 0.5) is 5.69 Å². The highest BCUT2D eigenvalue weighted by atomic mass is 35.5. The zero-order chi connectivity index (χ0) is 13.1. The Labute approximate surface area is 114 Å². The lowest BCUT2D eigenvalue weighted by molar-refractivity contribution is -0.355. The zero-order valence-electron chi connectivity index (χ0n) is 11.1. The summed E-state index contributed by atoms with van der Waals surface area (Å²) in [5.41, 5.74) is 6.33. The molecule has 0 heterocycles. The number of carbonyl (C=O) groups excluding carboxylic acids is 1. The summed E-state index contributed by atoms with van der Waals surface area (Å²) in [6, 6.07) is 7.05. The maximum absolute atomic E-state index is 11.8. The van der Waals surface area contributed by atoms with Crippen molar-refractivity contribution in [1.82, 2.24) is 0 Å². The summed E-state index contributed by atoms with van der Waals surface area (Å²) >= 11 is 0. The molecule has 18 heavy (non-hydrogen) atoms. The van der Waals surface area contributed by atoms with E-state index in [2.05, 4.69) is 4.99 Å². The Morgan fingerprint density at radius 2 is 1.94 bits per heavy atom. The minimum absolute atomic E-state index is 0. The number of carbonyl (C=O) groups is 1. The summed E-state index contributed by atoms with van der Waals surface area (Å²) in [5, 5.41) is 0. The van der Waals surface area contributed by atoms with Crippen molar-refractivity contribution in [2.24, 2.45) is 5.73 Å². The Bertz CT molecular complexity index is 447. The van der Waals surface area contributed by atoms with Gasteiger partial charge in [0, 0.05) is 6.92 Å². The van der Waals surface area contributed by atoms with Gasteiger partial charge in [-0.3, -0.25) is 5.73 Å². The molecule has 0 unspecified atom stereocenters. The highest BCUT2D eigenvalue weighted by molar-refractivity contribution is 5.90. The van der Waals surface area contributed by atoms with Gasteiger partial charge in [-0.25, -0.2) is 9.79 Å². The van der Waals surface area contributed by atoms with E-state index in [4.69, 9.17) is 10.5 Å². The molecule has 0 bridgehead atoms. The van der Waals surface area contributed by atoms with Crippen LogP contribution in [0.3, 0.4) is 0 Å². The SMILES string of the molecule is CC(N)=[NH+]c1cccc(C(=O)OC(C)(C)C)c1.[Cl-]. The molecule has 3 N–H and O–H groups in total. The number of esters is 1. The third-order valence-corrected chi connectivity index (χ3v) is 1.84. The lowest BCUT2D eigenvalue weighted by atomic mass is 10.1. The molecule has 0 aliphatic carbocycles. The first-order valence-corrected chi connectivity index (χ1v) is 5.47. The van der Waals surface area contributed by atoms with Gasteiger partial charge in [0.25, 0.3) is 0 Å². The predicted molar refractivity (Wildman–Crippen MR) is 67.1 cm³/mol. The van der Waals surface area contributed by atoms with E-state index in [1.807, 2.05) is 26.8 Å². The highest BCUT2D eigenvalue weighted by Gasteiger charge is 2.18. The van der Waals surface area contributed by atoms with E-state index in [9.17, 15) is 4.79 Å². The van der Waals surface area contributed by atoms with E-state index < -0.39 is 5.60 Å². The molecule has 0 aliphatic rings. The fourth-order valence-electron chi connectivity index (χ4n) is 1.29. The predicted octanol–water partition coefficient (Wildman–Crippen LogP) is -2.26. The second kappa shape index (κ2) is 6.40. The van der Waals surface area contributed by atoms with Crippen molar-refractivity contribution in [1.29, 1.82) is 0 Å². The largest absolute Gasteiger partial charge is 1.00 e. The van der Waals surface area contributed by atoms with Gasteiger partial charge in [-0.15, -0.1) is 0 Å². The van der Waals surface area contributed by atoms with Crippen LogP contribution in [0.1, 0.15) is 38.1 Å². The molecule has 0 amide bonds. The van der Waals surface area contributed by atoms with E-state index in [0.717, 1.165) is 5.69 Å². The molecule has 0 spiro atoms. The quantitative estimate of drug-likeness (QED) is 0.362. The first kappa shape index (κ1) is 16.4. The van der Waals surface area contributed by atoms with Crippen LogP contribution in [-0.2, 0) is 4.74 Å². The summed E-state index contributed by atoms with van der Waals surface area (Å²) in [6.07, 6.45) is 0. The molecular weight excluding hydrogens is 252 g/mol. The number of benzene rings is 1. The van der Waals surface area contributed by atoms with E-state index in [1.165, 1.54) is 0 Å². The second-order valence-corrected chi connectivity index (χ2v) is 4.89. The molecule has 0 radical (unpaired) electrons. The monoisotopic (exact) mass is 270 g/mol. The molecule has 0 fully saturated rings. The van der Waals surface area contributed by atoms with Crippen molar-refractivity contribution in [3.05, 3.63) is 29.8 Å².